The summed E-state index contributed by atoms with van der Waals surface area (Å²) >= 11 is 5.74. The first-order valence-electron chi connectivity index (χ1n) is 5.79. The molecule has 0 fully saturated rings. The second kappa shape index (κ2) is 6.21. The summed E-state index contributed by atoms with van der Waals surface area (Å²) in [7, 11) is 1.76. The van der Waals surface area contributed by atoms with Crippen LogP contribution in [-0.2, 0) is 6.61 Å². The van der Waals surface area contributed by atoms with Crippen LogP contribution in [0, 0.1) is 10.1 Å². The molecule has 7 heteroatoms. The van der Waals surface area contributed by atoms with E-state index in [2.05, 4.69) is 10.3 Å². The van der Waals surface area contributed by atoms with E-state index in [4.69, 9.17) is 16.3 Å². The molecule has 1 aromatic carbocycles. The Hall–Kier alpha value is -2.34. The number of ether oxygens (including phenoxy) is 1. The van der Waals surface area contributed by atoms with E-state index in [0.717, 1.165) is 5.56 Å². The van der Waals surface area contributed by atoms with Crippen molar-refractivity contribution in [2.24, 2.45) is 0 Å². The Morgan fingerprint density at radius 1 is 1.40 bits per heavy atom. The van der Waals surface area contributed by atoms with Gasteiger partial charge in [-0.2, -0.15) is 0 Å². The van der Waals surface area contributed by atoms with Gasteiger partial charge >= 0.3 is 5.69 Å². The van der Waals surface area contributed by atoms with Gasteiger partial charge in [-0.05, 0) is 29.8 Å². The minimum absolute atomic E-state index is 0.152. The van der Waals surface area contributed by atoms with Crippen LogP contribution in [-0.4, -0.2) is 17.0 Å². The van der Waals surface area contributed by atoms with E-state index in [0.29, 0.717) is 10.8 Å². The van der Waals surface area contributed by atoms with E-state index in [9.17, 15) is 10.1 Å². The van der Waals surface area contributed by atoms with Crippen LogP contribution >= 0.6 is 11.6 Å². The minimum Gasteiger partial charge on any atom is -0.482 e. The number of benzene rings is 1. The normalized spacial score (nSPS) is 10.1. The van der Waals surface area contributed by atoms with Crippen molar-refractivity contribution in [3.8, 4) is 5.75 Å². The highest BCUT2D eigenvalue weighted by Crippen LogP contribution is 2.30. The molecule has 0 saturated carbocycles. The zero-order valence-electron chi connectivity index (χ0n) is 10.7. The lowest BCUT2D eigenvalue weighted by Crippen LogP contribution is -2.00. The van der Waals surface area contributed by atoms with Crippen molar-refractivity contribution >= 4 is 23.1 Å². The van der Waals surface area contributed by atoms with Gasteiger partial charge in [0.25, 0.3) is 0 Å². The Morgan fingerprint density at radius 3 is 2.90 bits per heavy atom. The number of hydrogen-bond donors (Lipinski definition) is 1. The van der Waals surface area contributed by atoms with Crippen LogP contribution in [0.3, 0.4) is 0 Å². The van der Waals surface area contributed by atoms with Crippen molar-refractivity contribution in [2.75, 3.05) is 12.4 Å². The third-order valence-corrected chi connectivity index (χ3v) is 2.83. The molecule has 0 aliphatic carbocycles. The molecule has 0 radical (unpaired) electrons. The molecule has 0 bridgehead atoms. The van der Waals surface area contributed by atoms with Crippen molar-refractivity contribution < 1.29 is 9.66 Å². The van der Waals surface area contributed by atoms with Crippen molar-refractivity contribution in [2.45, 2.75) is 6.61 Å². The topological polar surface area (TPSA) is 77.3 Å². The molecule has 6 nitrogen and oxygen atoms in total. The molecule has 0 unspecified atom stereocenters. The van der Waals surface area contributed by atoms with Gasteiger partial charge in [0.05, 0.1) is 4.92 Å². The van der Waals surface area contributed by atoms with Gasteiger partial charge in [-0.25, -0.2) is 4.98 Å². The summed E-state index contributed by atoms with van der Waals surface area (Å²) < 4.78 is 5.48. The number of pyridine rings is 1. The number of nitrogens with one attached hydrogen (secondary N) is 1. The van der Waals surface area contributed by atoms with E-state index in [1.54, 1.807) is 25.4 Å². The lowest BCUT2D eigenvalue weighted by molar-refractivity contribution is -0.385. The molecule has 2 rings (SSSR count). The SMILES string of the molecule is CNc1cc(COc2ccc(Cl)cc2[N+](=O)[O-])ccn1. The van der Waals surface area contributed by atoms with Crippen LogP contribution in [0.4, 0.5) is 11.5 Å². The smallest absolute Gasteiger partial charge is 0.312 e. The van der Waals surface area contributed by atoms with Gasteiger partial charge in [-0.3, -0.25) is 10.1 Å². The Morgan fingerprint density at radius 2 is 2.20 bits per heavy atom. The third-order valence-electron chi connectivity index (χ3n) is 2.59. The van der Waals surface area contributed by atoms with Crippen molar-refractivity contribution in [1.82, 2.24) is 4.98 Å². The molecule has 1 heterocycles. The molecule has 0 atom stereocenters. The molecule has 0 aliphatic heterocycles. The molecule has 104 valence electrons. The summed E-state index contributed by atoms with van der Waals surface area (Å²) in [5.74, 6) is 0.888. The maximum Gasteiger partial charge on any atom is 0.312 e. The first kappa shape index (κ1) is 14.1. The summed E-state index contributed by atoms with van der Waals surface area (Å²) in [6.45, 7) is 0.208. The minimum atomic E-state index is -0.521. The monoisotopic (exact) mass is 293 g/mol. The standard InChI is InChI=1S/C13H12ClN3O3/c1-15-13-6-9(4-5-16-13)8-20-12-3-2-10(14)7-11(12)17(18)19/h2-7H,8H2,1H3,(H,15,16). The summed E-state index contributed by atoms with van der Waals surface area (Å²) in [6.07, 6.45) is 1.64. The Labute approximate surface area is 120 Å². The lowest BCUT2D eigenvalue weighted by Gasteiger charge is -2.08. The Kier molecular flexibility index (Phi) is 4.37. The van der Waals surface area contributed by atoms with Crippen LogP contribution in [0.5, 0.6) is 5.75 Å². The zero-order chi connectivity index (χ0) is 14.5. The number of aromatic nitrogens is 1. The van der Waals surface area contributed by atoms with Gasteiger partial charge in [0.2, 0.25) is 0 Å². The van der Waals surface area contributed by atoms with E-state index in [1.165, 1.54) is 12.1 Å². The number of anilines is 1. The highest BCUT2D eigenvalue weighted by Gasteiger charge is 2.15. The average Bonchev–Trinajstić information content (AvgIpc) is 2.46. The molecule has 1 N–H and O–H groups in total. The van der Waals surface area contributed by atoms with Gasteiger partial charge in [-0.15, -0.1) is 0 Å². The number of halogens is 1. The first-order chi connectivity index (χ1) is 9.60. The number of nitro benzene ring substituents is 1. The van der Waals surface area contributed by atoms with E-state index >= 15 is 0 Å². The second-order valence-corrected chi connectivity index (χ2v) is 4.39. The largest absolute Gasteiger partial charge is 0.482 e. The first-order valence-corrected chi connectivity index (χ1v) is 6.17. The number of nitro groups is 1. The fourth-order valence-electron chi connectivity index (χ4n) is 1.62. The summed E-state index contributed by atoms with van der Waals surface area (Å²) in [5, 5.41) is 14.1. The molecule has 2 aromatic rings. The predicted octanol–water partition coefficient (Wildman–Crippen LogP) is 3.26. The lowest BCUT2D eigenvalue weighted by atomic mass is 10.2. The van der Waals surface area contributed by atoms with E-state index in [-0.39, 0.29) is 18.0 Å². The van der Waals surface area contributed by atoms with Crippen LogP contribution in [0.1, 0.15) is 5.56 Å². The number of rotatable bonds is 5. The molecular formula is C13H12ClN3O3. The van der Waals surface area contributed by atoms with Gasteiger partial charge in [-0.1, -0.05) is 11.6 Å². The molecule has 0 saturated heterocycles. The van der Waals surface area contributed by atoms with Crippen LogP contribution in [0.15, 0.2) is 36.5 Å². The van der Waals surface area contributed by atoms with Crippen LogP contribution in [0.25, 0.3) is 0 Å². The fraction of sp³-hybridized carbons (Fsp3) is 0.154. The summed E-state index contributed by atoms with van der Waals surface area (Å²) in [6, 6.07) is 7.89. The van der Waals surface area contributed by atoms with Crippen molar-refractivity contribution in [3.05, 3.63) is 57.2 Å². The molecule has 20 heavy (non-hydrogen) atoms. The Balaban J connectivity index is 2.16. The number of nitrogens with zero attached hydrogens (tertiary/aromatic N) is 2. The predicted molar refractivity (Wildman–Crippen MR) is 76.2 cm³/mol. The van der Waals surface area contributed by atoms with Gasteiger partial charge in [0, 0.05) is 24.3 Å². The van der Waals surface area contributed by atoms with Gasteiger partial charge in [0.1, 0.15) is 12.4 Å². The maximum atomic E-state index is 10.9. The van der Waals surface area contributed by atoms with E-state index < -0.39 is 4.92 Å². The second-order valence-electron chi connectivity index (χ2n) is 3.96. The zero-order valence-corrected chi connectivity index (χ0v) is 11.4. The van der Waals surface area contributed by atoms with Crippen molar-refractivity contribution in [3.63, 3.8) is 0 Å². The molecule has 1 aromatic heterocycles. The summed E-state index contributed by atoms with van der Waals surface area (Å²) in [5.41, 5.74) is 0.703. The Bertz CT molecular complexity index is 634. The van der Waals surface area contributed by atoms with E-state index in [1.807, 2.05) is 6.07 Å². The molecule has 0 aliphatic rings. The number of hydrogen-bond acceptors (Lipinski definition) is 5. The highest BCUT2D eigenvalue weighted by molar-refractivity contribution is 6.30. The summed E-state index contributed by atoms with van der Waals surface area (Å²) in [4.78, 5) is 14.5. The average molecular weight is 294 g/mol. The molecule has 0 spiro atoms. The van der Waals surface area contributed by atoms with Gasteiger partial charge < -0.3 is 10.1 Å². The third kappa shape index (κ3) is 3.36. The molecule has 0 amide bonds. The van der Waals surface area contributed by atoms with Crippen LogP contribution < -0.4 is 10.1 Å². The quantitative estimate of drug-likeness (QED) is 0.676. The van der Waals surface area contributed by atoms with Crippen LogP contribution in [0.2, 0.25) is 5.02 Å². The van der Waals surface area contributed by atoms with Gasteiger partial charge in [0.15, 0.2) is 5.75 Å². The highest BCUT2D eigenvalue weighted by atomic mass is 35.5. The molecular weight excluding hydrogens is 282 g/mol. The van der Waals surface area contributed by atoms with Crippen molar-refractivity contribution in [1.29, 1.82) is 0 Å². The fourth-order valence-corrected chi connectivity index (χ4v) is 1.78. The maximum absolute atomic E-state index is 10.9.